The molecule has 82 valence electrons. The van der Waals surface area contributed by atoms with Crippen molar-refractivity contribution in [2.45, 2.75) is 13.5 Å². The minimum Gasteiger partial charge on any atom is -0.380 e. The molecule has 2 heterocycles. The highest BCUT2D eigenvalue weighted by Crippen LogP contribution is 2.12. The van der Waals surface area contributed by atoms with Crippen molar-refractivity contribution in [3.05, 3.63) is 52.5 Å². The van der Waals surface area contributed by atoms with Crippen LogP contribution >= 0.6 is 15.9 Å². The number of nitrogens with one attached hydrogen (secondary N) is 1. The fourth-order valence-corrected chi connectivity index (χ4v) is 1.62. The highest BCUT2D eigenvalue weighted by Gasteiger charge is 1.98. The third-order valence-electron chi connectivity index (χ3n) is 2.33. The molecule has 0 unspecified atom stereocenters. The van der Waals surface area contributed by atoms with Gasteiger partial charge in [0, 0.05) is 18.4 Å². The van der Waals surface area contributed by atoms with E-state index in [0.29, 0.717) is 0 Å². The molecule has 0 saturated carbocycles. The standard InChI is InChI=1S/C12H12BrN3/c1-9-10(3-2-6-14-9)7-15-11-4-5-12(13)16-8-11/h2-6,8,15H,7H2,1H3. The average molecular weight is 278 g/mol. The van der Waals surface area contributed by atoms with Crippen molar-refractivity contribution >= 4 is 21.6 Å². The van der Waals surface area contributed by atoms with Crippen LogP contribution in [0.1, 0.15) is 11.3 Å². The van der Waals surface area contributed by atoms with Gasteiger partial charge in [-0.15, -0.1) is 0 Å². The first-order valence-electron chi connectivity index (χ1n) is 5.01. The number of pyridine rings is 2. The van der Waals surface area contributed by atoms with E-state index in [4.69, 9.17) is 0 Å². The normalized spacial score (nSPS) is 10.1. The number of rotatable bonds is 3. The molecule has 0 amide bonds. The van der Waals surface area contributed by atoms with E-state index < -0.39 is 0 Å². The van der Waals surface area contributed by atoms with Crippen LogP contribution < -0.4 is 5.32 Å². The minimum absolute atomic E-state index is 0.767. The molecule has 2 rings (SSSR count). The summed E-state index contributed by atoms with van der Waals surface area (Å²) in [5, 5.41) is 3.31. The first-order chi connectivity index (χ1) is 7.75. The maximum atomic E-state index is 4.24. The van der Waals surface area contributed by atoms with Gasteiger partial charge in [0.15, 0.2) is 0 Å². The van der Waals surface area contributed by atoms with Gasteiger partial charge >= 0.3 is 0 Å². The molecule has 4 heteroatoms. The van der Waals surface area contributed by atoms with Crippen LogP contribution in [0.25, 0.3) is 0 Å². The van der Waals surface area contributed by atoms with Gasteiger partial charge in [0.2, 0.25) is 0 Å². The summed E-state index contributed by atoms with van der Waals surface area (Å²) in [5.41, 5.74) is 3.26. The molecular weight excluding hydrogens is 266 g/mol. The molecule has 0 radical (unpaired) electrons. The fraction of sp³-hybridized carbons (Fsp3) is 0.167. The van der Waals surface area contributed by atoms with E-state index in [2.05, 4.69) is 37.3 Å². The third kappa shape index (κ3) is 2.79. The fourth-order valence-electron chi connectivity index (χ4n) is 1.38. The second-order valence-electron chi connectivity index (χ2n) is 3.47. The summed E-state index contributed by atoms with van der Waals surface area (Å²) in [6, 6.07) is 7.92. The number of nitrogens with zero attached hydrogens (tertiary/aromatic N) is 2. The van der Waals surface area contributed by atoms with Gasteiger partial charge in [-0.2, -0.15) is 0 Å². The van der Waals surface area contributed by atoms with Crippen molar-refractivity contribution in [3.8, 4) is 0 Å². The van der Waals surface area contributed by atoms with Crippen molar-refractivity contribution in [1.29, 1.82) is 0 Å². The van der Waals surface area contributed by atoms with Gasteiger partial charge < -0.3 is 5.32 Å². The molecule has 2 aromatic rings. The largest absolute Gasteiger partial charge is 0.380 e. The first-order valence-corrected chi connectivity index (χ1v) is 5.81. The van der Waals surface area contributed by atoms with Crippen LogP contribution in [-0.2, 0) is 6.54 Å². The Morgan fingerprint density at radius 1 is 1.25 bits per heavy atom. The van der Waals surface area contributed by atoms with E-state index in [1.165, 1.54) is 5.56 Å². The van der Waals surface area contributed by atoms with Crippen LogP contribution in [0.5, 0.6) is 0 Å². The molecule has 1 N–H and O–H groups in total. The predicted octanol–water partition coefficient (Wildman–Crippen LogP) is 3.16. The molecule has 2 aromatic heterocycles. The summed E-state index contributed by atoms with van der Waals surface area (Å²) in [7, 11) is 0. The first kappa shape index (κ1) is 11.1. The summed E-state index contributed by atoms with van der Waals surface area (Å²) in [4.78, 5) is 8.39. The second-order valence-corrected chi connectivity index (χ2v) is 4.28. The minimum atomic E-state index is 0.767. The Labute approximate surface area is 103 Å². The van der Waals surface area contributed by atoms with E-state index >= 15 is 0 Å². The van der Waals surface area contributed by atoms with Crippen molar-refractivity contribution in [2.24, 2.45) is 0 Å². The van der Waals surface area contributed by atoms with Crippen LogP contribution in [0, 0.1) is 6.92 Å². The number of halogens is 1. The highest BCUT2D eigenvalue weighted by molar-refractivity contribution is 9.10. The van der Waals surface area contributed by atoms with Gasteiger partial charge in [-0.25, -0.2) is 4.98 Å². The van der Waals surface area contributed by atoms with Crippen molar-refractivity contribution in [1.82, 2.24) is 9.97 Å². The van der Waals surface area contributed by atoms with Crippen LogP contribution in [0.2, 0.25) is 0 Å². The van der Waals surface area contributed by atoms with Gasteiger partial charge in [0.1, 0.15) is 4.60 Å². The molecule has 0 aromatic carbocycles. The highest BCUT2D eigenvalue weighted by atomic mass is 79.9. The lowest BCUT2D eigenvalue weighted by Crippen LogP contribution is -2.02. The molecule has 0 atom stereocenters. The van der Waals surface area contributed by atoms with Crippen LogP contribution in [0.15, 0.2) is 41.3 Å². The van der Waals surface area contributed by atoms with E-state index in [1.54, 1.807) is 12.4 Å². The summed E-state index contributed by atoms with van der Waals surface area (Å²) < 4.78 is 0.843. The smallest absolute Gasteiger partial charge is 0.106 e. The molecule has 16 heavy (non-hydrogen) atoms. The Hall–Kier alpha value is -1.42. The number of hydrogen-bond acceptors (Lipinski definition) is 3. The van der Waals surface area contributed by atoms with Gasteiger partial charge in [-0.3, -0.25) is 4.98 Å². The zero-order chi connectivity index (χ0) is 11.4. The van der Waals surface area contributed by atoms with E-state index in [-0.39, 0.29) is 0 Å². The van der Waals surface area contributed by atoms with Crippen molar-refractivity contribution in [3.63, 3.8) is 0 Å². The van der Waals surface area contributed by atoms with E-state index in [9.17, 15) is 0 Å². The molecule has 0 spiro atoms. The SMILES string of the molecule is Cc1ncccc1CNc1ccc(Br)nc1. The number of aryl methyl sites for hydroxylation is 1. The topological polar surface area (TPSA) is 37.8 Å². The lowest BCUT2D eigenvalue weighted by atomic mass is 10.2. The lowest BCUT2D eigenvalue weighted by molar-refractivity contribution is 1.05. The summed E-state index contributed by atoms with van der Waals surface area (Å²) in [6.45, 7) is 2.78. The van der Waals surface area contributed by atoms with Gasteiger partial charge in [-0.1, -0.05) is 6.07 Å². The van der Waals surface area contributed by atoms with Gasteiger partial charge in [0.05, 0.1) is 11.9 Å². The second kappa shape index (κ2) is 5.07. The van der Waals surface area contributed by atoms with E-state index in [1.807, 2.05) is 25.1 Å². The Morgan fingerprint density at radius 2 is 2.12 bits per heavy atom. The Balaban J connectivity index is 2.02. The maximum absolute atomic E-state index is 4.24. The summed E-state index contributed by atoms with van der Waals surface area (Å²) in [5.74, 6) is 0. The average Bonchev–Trinajstić information content (AvgIpc) is 2.30. The van der Waals surface area contributed by atoms with Crippen LogP contribution in [0.3, 0.4) is 0 Å². The predicted molar refractivity (Wildman–Crippen MR) is 68.2 cm³/mol. The molecule has 0 aliphatic carbocycles. The van der Waals surface area contributed by atoms with E-state index in [0.717, 1.165) is 22.5 Å². The monoisotopic (exact) mass is 277 g/mol. The maximum Gasteiger partial charge on any atom is 0.106 e. The Bertz CT molecular complexity index is 468. The van der Waals surface area contributed by atoms with Crippen LogP contribution in [0.4, 0.5) is 5.69 Å². The summed E-state index contributed by atoms with van der Waals surface area (Å²) >= 11 is 3.30. The zero-order valence-electron chi connectivity index (χ0n) is 8.94. The van der Waals surface area contributed by atoms with Crippen molar-refractivity contribution in [2.75, 3.05) is 5.32 Å². The Morgan fingerprint density at radius 3 is 2.81 bits per heavy atom. The number of aromatic nitrogens is 2. The van der Waals surface area contributed by atoms with Crippen molar-refractivity contribution < 1.29 is 0 Å². The lowest BCUT2D eigenvalue weighted by Gasteiger charge is -2.07. The molecule has 3 nitrogen and oxygen atoms in total. The van der Waals surface area contributed by atoms with Gasteiger partial charge in [-0.05, 0) is 46.6 Å². The summed E-state index contributed by atoms with van der Waals surface area (Å²) in [6.07, 6.45) is 3.61. The number of hydrogen-bond donors (Lipinski definition) is 1. The molecular formula is C12H12BrN3. The number of anilines is 1. The van der Waals surface area contributed by atoms with Crippen LogP contribution in [-0.4, -0.2) is 9.97 Å². The van der Waals surface area contributed by atoms with Gasteiger partial charge in [0.25, 0.3) is 0 Å². The molecule has 0 fully saturated rings. The quantitative estimate of drug-likeness (QED) is 0.876. The molecule has 0 bridgehead atoms. The zero-order valence-corrected chi connectivity index (χ0v) is 10.5. The molecule has 0 aliphatic rings. The third-order valence-corrected chi connectivity index (χ3v) is 2.80. The molecule has 0 aliphatic heterocycles. The molecule has 0 saturated heterocycles. The Kier molecular flexibility index (Phi) is 3.51.